The number of piperidine rings is 1. The fourth-order valence-electron chi connectivity index (χ4n) is 6.56. The Morgan fingerprint density at radius 1 is 1.08 bits per heavy atom. The lowest BCUT2D eigenvalue weighted by molar-refractivity contribution is 0.0887. The van der Waals surface area contributed by atoms with Crippen LogP contribution in [0.2, 0.25) is 0 Å². The van der Waals surface area contributed by atoms with Crippen LogP contribution in [0, 0.1) is 11.8 Å². The molecule has 5 rings (SSSR count). The Morgan fingerprint density at radius 3 is 2.51 bits per heavy atom. The summed E-state index contributed by atoms with van der Waals surface area (Å²) < 4.78 is 7.71. The van der Waals surface area contributed by atoms with Crippen LogP contribution in [-0.4, -0.2) is 51.1 Å². The molecule has 2 fully saturated rings. The quantitative estimate of drug-likeness (QED) is 0.207. The molecule has 0 unspecified atom stereocenters. The Bertz CT molecular complexity index is 1260. The molecule has 0 spiro atoms. The van der Waals surface area contributed by atoms with Crippen molar-refractivity contribution in [2.75, 3.05) is 13.1 Å². The monoisotopic (exact) mass is 531 g/mol. The predicted molar refractivity (Wildman–Crippen MR) is 153 cm³/mol. The van der Waals surface area contributed by atoms with Crippen molar-refractivity contribution in [2.45, 2.75) is 77.6 Å². The molecule has 1 aliphatic heterocycles. The summed E-state index contributed by atoms with van der Waals surface area (Å²) in [6.07, 6.45) is 10.1. The minimum atomic E-state index is -0.484. The maximum Gasteiger partial charge on any atom is 0.407 e. The predicted octanol–water partition coefficient (Wildman–Crippen LogP) is 6.12. The van der Waals surface area contributed by atoms with Gasteiger partial charge in [-0.25, -0.2) is 9.78 Å². The van der Waals surface area contributed by atoms with Gasteiger partial charge in [-0.2, -0.15) is 0 Å². The van der Waals surface area contributed by atoms with E-state index in [9.17, 15) is 10.0 Å². The highest BCUT2D eigenvalue weighted by Crippen LogP contribution is 2.36. The summed E-state index contributed by atoms with van der Waals surface area (Å²) >= 11 is 0. The Morgan fingerprint density at radius 2 is 1.82 bits per heavy atom. The minimum Gasteiger partial charge on any atom is -0.445 e. The van der Waals surface area contributed by atoms with Crippen molar-refractivity contribution in [1.82, 2.24) is 19.8 Å². The van der Waals surface area contributed by atoms with E-state index in [1.54, 1.807) is 6.20 Å². The zero-order valence-electron chi connectivity index (χ0n) is 23.1. The third-order valence-electron chi connectivity index (χ3n) is 8.77. The van der Waals surface area contributed by atoms with E-state index in [4.69, 9.17) is 9.72 Å². The lowest BCUT2D eigenvalue weighted by Crippen LogP contribution is -2.44. The second-order valence-electron chi connectivity index (χ2n) is 11.3. The number of ether oxygens (including phenoxy) is 1. The number of amides is 1. The van der Waals surface area contributed by atoms with Crippen LogP contribution in [0.5, 0.6) is 0 Å². The Hall–Kier alpha value is -3.39. The molecular weight excluding hydrogens is 490 g/mol. The van der Waals surface area contributed by atoms with Gasteiger partial charge >= 0.3 is 6.09 Å². The highest BCUT2D eigenvalue weighted by molar-refractivity contribution is 5.99. The first-order valence-corrected chi connectivity index (χ1v) is 14.4. The number of alkyl carbamates (subject to hydrolysis) is 1. The smallest absolute Gasteiger partial charge is 0.407 e. The van der Waals surface area contributed by atoms with Crippen LogP contribution < -0.4 is 5.32 Å². The van der Waals surface area contributed by atoms with E-state index in [2.05, 4.69) is 33.8 Å². The van der Waals surface area contributed by atoms with E-state index in [0.717, 1.165) is 65.6 Å². The molecule has 3 aromatic rings. The van der Waals surface area contributed by atoms with E-state index in [0.29, 0.717) is 6.04 Å². The summed E-state index contributed by atoms with van der Waals surface area (Å²) in [7, 11) is 0. The summed E-state index contributed by atoms with van der Waals surface area (Å²) in [5.41, 5.74) is 3.45. The van der Waals surface area contributed by atoms with Crippen molar-refractivity contribution in [3.8, 4) is 0 Å². The number of hydrogen-bond donors (Lipinski definition) is 2. The number of oxime groups is 1. The molecule has 1 saturated carbocycles. The van der Waals surface area contributed by atoms with Gasteiger partial charge in [0.25, 0.3) is 0 Å². The van der Waals surface area contributed by atoms with Gasteiger partial charge in [-0.3, -0.25) is 0 Å². The normalized spacial score (nSPS) is 21.1. The SMILES string of the molecule is CC(C)[C@H]1CC[C@@H](N2CCC(n3c(CNC(=O)OCc4ccccc4)c(C=NO)c4cccnc43)CC2)CC1. The molecule has 0 bridgehead atoms. The van der Waals surface area contributed by atoms with Gasteiger partial charge in [0.2, 0.25) is 0 Å². The summed E-state index contributed by atoms with van der Waals surface area (Å²) in [5.74, 6) is 1.66. The summed E-state index contributed by atoms with van der Waals surface area (Å²) in [6.45, 7) is 7.30. The molecule has 2 aromatic heterocycles. The Labute approximate surface area is 231 Å². The van der Waals surface area contributed by atoms with Crippen molar-refractivity contribution in [2.24, 2.45) is 17.0 Å². The number of hydrogen-bond acceptors (Lipinski definition) is 6. The second kappa shape index (κ2) is 12.6. The first kappa shape index (κ1) is 27.2. The molecule has 0 atom stereocenters. The van der Waals surface area contributed by atoms with Crippen LogP contribution in [0.1, 0.15) is 75.2 Å². The molecule has 3 heterocycles. The standard InChI is InChI=1S/C31H41N5O3/c1-22(2)24-10-12-25(13-11-24)35-17-14-26(15-18-35)36-29(28(19-34-38)27-9-6-16-32-30(27)36)20-33-31(37)39-21-23-7-4-3-5-8-23/h3-9,16,19,22,24-26,38H,10-15,17-18,20-21H2,1-2H3,(H,33,37)/t24-,25+. The Kier molecular flexibility index (Phi) is 8.81. The third kappa shape index (κ3) is 6.27. The summed E-state index contributed by atoms with van der Waals surface area (Å²) in [6, 6.07) is 14.5. The third-order valence-corrected chi connectivity index (χ3v) is 8.77. The van der Waals surface area contributed by atoms with Gasteiger partial charge in [0, 0.05) is 48.0 Å². The number of fused-ring (bicyclic) bond motifs is 1. The van der Waals surface area contributed by atoms with Crippen molar-refractivity contribution >= 4 is 23.3 Å². The van der Waals surface area contributed by atoms with Crippen LogP contribution in [0.15, 0.2) is 53.8 Å². The maximum atomic E-state index is 12.6. The van der Waals surface area contributed by atoms with Crippen molar-refractivity contribution in [3.63, 3.8) is 0 Å². The molecule has 8 nitrogen and oxygen atoms in total. The number of pyridine rings is 1. The van der Waals surface area contributed by atoms with E-state index in [1.165, 1.54) is 31.9 Å². The van der Waals surface area contributed by atoms with E-state index in [-0.39, 0.29) is 19.2 Å². The van der Waals surface area contributed by atoms with Crippen LogP contribution in [0.25, 0.3) is 11.0 Å². The van der Waals surface area contributed by atoms with Gasteiger partial charge in [-0.1, -0.05) is 49.3 Å². The van der Waals surface area contributed by atoms with Crippen LogP contribution in [0.3, 0.4) is 0 Å². The minimum absolute atomic E-state index is 0.208. The van der Waals surface area contributed by atoms with Crippen LogP contribution >= 0.6 is 0 Å². The molecule has 208 valence electrons. The van der Waals surface area contributed by atoms with Crippen LogP contribution in [-0.2, 0) is 17.9 Å². The zero-order valence-corrected chi connectivity index (χ0v) is 23.1. The zero-order chi connectivity index (χ0) is 27.2. The molecule has 0 radical (unpaired) electrons. The van der Waals surface area contributed by atoms with Gasteiger partial charge in [0.1, 0.15) is 12.3 Å². The topological polar surface area (TPSA) is 92.0 Å². The molecule has 1 amide bonds. The molecule has 2 aliphatic rings. The largest absolute Gasteiger partial charge is 0.445 e. The highest BCUT2D eigenvalue weighted by Gasteiger charge is 2.32. The van der Waals surface area contributed by atoms with Crippen molar-refractivity contribution in [3.05, 3.63) is 65.5 Å². The first-order valence-electron chi connectivity index (χ1n) is 14.4. The van der Waals surface area contributed by atoms with Gasteiger partial charge in [0.05, 0.1) is 12.8 Å². The molecule has 1 saturated heterocycles. The van der Waals surface area contributed by atoms with E-state index >= 15 is 0 Å². The molecular formula is C31H41N5O3. The number of rotatable bonds is 8. The summed E-state index contributed by atoms with van der Waals surface area (Å²) in [5, 5.41) is 16.6. The number of benzene rings is 1. The van der Waals surface area contributed by atoms with Gasteiger partial charge in [-0.05, 0) is 68.1 Å². The average Bonchev–Trinajstić information content (AvgIpc) is 3.29. The van der Waals surface area contributed by atoms with Gasteiger partial charge in [-0.15, -0.1) is 0 Å². The summed E-state index contributed by atoms with van der Waals surface area (Å²) in [4.78, 5) is 20.0. The number of likely N-dealkylation sites (tertiary alicyclic amines) is 1. The lowest BCUT2D eigenvalue weighted by atomic mass is 9.79. The van der Waals surface area contributed by atoms with Gasteiger partial charge < -0.3 is 24.7 Å². The fraction of sp³-hybridized carbons (Fsp3) is 0.516. The second-order valence-corrected chi connectivity index (χ2v) is 11.3. The van der Waals surface area contributed by atoms with Gasteiger partial charge in [0.15, 0.2) is 0 Å². The molecule has 8 heteroatoms. The van der Waals surface area contributed by atoms with E-state index in [1.807, 2.05) is 42.5 Å². The van der Waals surface area contributed by atoms with Crippen LogP contribution in [0.4, 0.5) is 4.79 Å². The average molecular weight is 532 g/mol. The number of carbonyl (C=O) groups excluding carboxylic acids is 1. The number of nitrogens with zero attached hydrogens (tertiary/aromatic N) is 4. The lowest BCUT2D eigenvalue weighted by Gasteiger charge is -2.42. The van der Waals surface area contributed by atoms with Crippen molar-refractivity contribution in [1.29, 1.82) is 0 Å². The molecule has 1 aromatic carbocycles. The maximum absolute atomic E-state index is 12.6. The highest BCUT2D eigenvalue weighted by atomic mass is 16.5. The fourth-order valence-corrected chi connectivity index (χ4v) is 6.56. The molecule has 1 aliphatic carbocycles. The Balaban J connectivity index is 1.30. The van der Waals surface area contributed by atoms with Crippen molar-refractivity contribution < 1.29 is 14.7 Å². The van der Waals surface area contributed by atoms with E-state index < -0.39 is 6.09 Å². The first-order chi connectivity index (χ1) is 19.0. The molecule has 39 heavy (non-hydrogen) atoms. The number of nitrogens with one attached hydrogen (secondary N) is 1. The molecule has 2 N–H and O–H groups in total. The number of aromatic nitrogens is 2. The number of carbonyl (C=O) groups is 1.